The minimum Gasteiger partial charge on any atom is -0.495 e. The van der Waals surface area contributed by atoms with E-state index in [-0.39, 0.29) is 6.04 Å². The highest BCUT2D eigenvalue weighted by Gasteiger charge is 2.15. The van der Waals surface area contributed by atoms with Crippen molar-refractivity contribution in [1.82, 2.24) is 0 Å². The maximum atomic E-state index is 6.31. The molecule has 0 spiro atoms. The van der Waals surface area contributed by atoms with E-state index in [2.05, 4.69) is 28.2 Å². The first kappa shape index (κ1) is 16.5. The molecule has 0 aliphatic rings. The summed E-state index contributed by atoms with van der Waals surface area (Å²) < 4.78 is 6.38. The molecular formula is C16H16BrCl2NO. The molecule has 1 atom stereocenters. The van der Waals surface area contributed by atoms with Gasteiger partial charge in [0.15, 0.2) is 0 Å². The second-order valence-corrected chi connectivity index (χ2v) is 6.37. The van der Waals surface area contributed by atoms with E-state index in [4.69, 9.17) is 27.9 Å². The van der Waals surface area contributed by atoms with E-state index in [1.165, 1.54) is 0 Å². The molecule has 0 aliphatic heterocycles. The smallest absolute Gasteiger partial charge is 0.142 e. The fourth-order valence-electron chi connectivity index (χ4n) is 2.16. The van der Waals surface area contributed by atoms with Gasteiger partial charge in [0, 0.05) is 14.5 Å². The molecule has 0 saturated carbocycles. The van der Waals surface area contributed by atoms with Gasteiger partial charge in [-0.05, 0) is 42.3 Å². The molecule has 0 aliphatic carbocycles. The molecule has 0 radical (unpaired) electrons. The van der Waals surface area contributed by atoms with Gasteiger partial charge in [0.05, 0.1) is 18.8 Å². The molecule has 5 heteroatoms. The maximum Gasteiger partial charge on any atom is 0.142 e. The summed E-state index contributed by atoms with van der Waals surface area (Å²) in [5.41, 5.74) is 1.94. The van der Waals surface area contributed by atoms with Crippen LogP contribution in [0.25, 0.3) is 0 Å². The van der Waals surface area contributed by atoms with Gasteiger partial charge in [-0.3, -0.25) is 0 Å². The minimum atomic E-state index is 0.0815. The summed E-state index contributed by atoms with van der Waals surface area (Å²) in [6.07, 6.45) is 0.886. The van der Waals surface area contributed by atoms with Crippen LogP contribution in [0.4, 0.5) is 5.69 Å². The van der Waals surface area contributed by atoms with Crippen LogP contribution in [0, 0.1) is 0 Å². The Bertz CT molecular complexity index is 634. The highest BCUT2D eigenvalue weighted by Crippen LogP contribution is 2.35. The maximum absolute atomic E-state index is 6.31. The van der Waals surface area contributed by atoms with E-state index < -0.39 is 0 Å². The van der Waals surface area contributed by atoms with Crippen LogP contribution < -0.4 is 10.1 Å². The SMILES string of the molecule is CCC(Nc1cc(Br)ccc1OC)c1ccc(Cl)cc1Cl. The Hall–Kier alpha value is -0.900. The van der Waals surface area contributed by atoms with E-state index in [1.807, 2.05) is 30.3 Å². The standard InChI is InChI=1S/C16H16BrCl2NO/c1-3-14(12-6-5-11(18)9-13(12)19)20-15-8-10(17)4-7-16(15)21-2/h4-9,14,20H,3H2,1-2H3. The Morgan fingerprint density at radius 3 is 2.57 bits per heavy atom. The van der Waals surface area contributed by atoms with Crippen LogP contribution in [-0.4, -0.2) is 7.11 Å². The van der Waals surface area contributed by atoms with Crippen molar-refractivity contribution >= 4 is 44.8 Å². The summed E-state index contributed by atoms with van der Waals surface area (Å²) >= 11 is 15.8. The Labute approximate surface area is 143 Å². The number of hydrogen-bond donors (Lipinski definition) is 1. The van der Waals surface area contributed by atoms with Crippen LogP contribution in [0.3, 0.4) is 0 Å². The predicted molar refractivity (Wildman–Crippen MR) is 93.8 cm³/mol. The van der Waals surface area contributed by atoms with Gasteiger partial charge in [-0.25, -0.2) is 0 Å². The first-order valence-electron chi connectivity index (χ1n) is 6.60. The van der Waals surface area contributed by atoms with E-state index in [1.54, 1.807) is 13.2 Å². The van der Waals surface area contributed by atoms with Crippen molar-refractivity contribution in [1.29, 1.82) is 0 Å². The van der Waals surface area contributed by atoms with E-state index in [0.29, 0.717) is 10.0 Å². The van der Waals surface area contributed by atoms with Crippen molar-refractivity contribution in [2.45, 2.75) is 19.4 Å². The molecule has 1 N–H and O–H groups in total. The third kappa shape index (κ3) is 4.06. The van der Waals surface area contributed by atoms with Crippen LogP contribution in [0.5, 0.6) is 5.75 Å². The molecule has 21 heavy (non-hydrogen) atoms. The molecule has 112 valence electrons. The number of rotatable bonds is 5. The van der Waals surface area contributed by atoms with Crippen molar-refractivity contribution in [2.24, 2.45) is 0 Å². The Morgan fingerprint density at radius 1 is 1.19 bits per heavy atom. The van der Waals surface area contributed by atoms with Gasteiger partial charge >= 0.3 is 0 Å². The molecule has 0 bridgehead atoms. The summed E-state index contributed by atoms with van der Waals surface area (Å²) in [4.78, 5) is 0. The van der Waals surface area contributed by atoms with Crippen molar-refractivity contribution in [3.63, 3.8) is 0 Å². The quantitative estimate of drug-likeness (QED) is 0.646. The van der Waals surface area contributed by atoms with Gasteiger partial charge in [0.2, 0.25) is 0 Å². The van der Waals surface area contributed by atoms with Gasteiger partial charge in [-0.2, -0.15) is 0 Å². The third-order valence-electron chi connectivity index (χ3n) is 3.24. The Morgan fingerprint density at radius 2 is 1.95 bits per heavy atom. The lowest BCUT2D eigenvalue weighted by Crippen LogP contribution is -2.11. The zero-order valence-electron chi connectivity index (χ0n) is 11.8. The summed E-state index contributed by atoms with van der Waals surface area (Å²) in [5.74, 6) is 0.793. The first-order chi connectivity index (χ1) is 10.0. The van der Waals surface area contributed by atoms with Crippen molar-refractivity contribution < 1.29 is 4.74 Å². The fourth-order valence-corrected chi connectivity index (χ4v) is 3.07. The molecular weight excluding hydrogens is 373 g/mol. The molecule has 1 unspecified atom stereocenters. The average Bonchev–Trinajstić information content (AvgIpc) is 2.45. The fraction of sp³-hybridized carbons (Fsp3) is 0.250. The highest BCUT2D eigenvalue weighted by molar-refractivity contribution is 9.10. The number of anilines is 1. The zero-order chi connectivity index (χ0) is 15.4. The molecule has 2 rings (SSSR count). The number of methoxy groups -OCH3 is 1. The van der Waals surface area contributed by atoms with Crippen LogP contribution in [0.2, 0.25) is 10.0 Å². The largest absolute Gasteiger partial charge is 0.495 e. The summed E-state index contributed by atoms with van der Waals surface area (Å²) in [7, 11) is 1.66. The van der Waals surface area contributed by atoms with Gasteiger partial charge in [0.25, 0.3) is 0 Å². The minimum absolute atomic E-state index is 0.0815. The zero-order valence-corrected chi connectivity index (χ0v) is 14.9. The molecule has 2 aromatic rings. The van der Waals surface area contributed by atoms with Crippen molar-refractivity contribution in [3.8, 4) is 5.75 Å². The number of nitrogens with one attached hydrogen (secondary N) is 1. The van der Waals surface area contributed by atoms with E-state index >= 15 is 0 Å². The molecule has 0 saturated heterocycles. The van der Waals surface area contributed by atoms with Crippen molar-refractivity contribution in [3.05, 3.63) is 56.5 Å². The topological polar surface area (TPSA) is 21.3 Å². The molecule has 0 fully saturated rings. The van der Waals surface area contributed by atoms with Gasteiger partial charge in [-0.15, -0.1) is 0 Å². The second kappa shape index (κ2) is 7.39. The predicted octanol–water partition coefficient (Wildman–Crippen LogP) is 6.33. The van der Waals surface area contributed by atoms with Gasteiger partial charge in [0.1, 0.15) is 5.75 Å². The molecule has 0 amide bonds. The number of halogens is 3. The molecule has 2 nitrogen and oxygen atoms in total. The molecule has 0 aromatic heterocycles. The Balaban J connectivity index is 2.33. The van der Waals surface area contributed by atoms with Crippen LogP contribution in [-0.2, 0) is 0 Å². The number of ether oxygens (including phenoxy) is 1. The number of benzene rings is 2. The summed E-state index contributed by atoms with van der Waals surface area (Å²) in [5, 5.41) is 4.78. The van der Waals surface area contributed by atoms with E-state index in [0.717, 1.165) is 27.9 Å². The lowest BCUT2D eigenvalue weighted by molar-refractivity contribution is 0.416. The Kier molecular flexibility index (Phi) is 5.80. The van der Waals surface area contributed by atoms with Gasteiger partial charge < -0.3 is 10.1 Å². The van der Waals surface area contributed by atoms with Crippen LogP contribution >= 0.6 is 39.1 Å². The first-order valence-corrected chi connectivity index (χ1v) is 8.15. The lowest BCUT2D eigenvalue weighted by Gasteiger charge is -2.21. The monoisotopic (exact) mass is 387 g/mol. The van der Waals surface area contributed by atoms with Gasteiger partial charge in [-0.1, -0.05) is 52.1 Å². The van der Waals surface area contributed by atoms with Crippen LogP contribution in [0.15, 0.2) is 40.9 Å². The second-order valence-electron chi connectivity index (χ2n) is 4.62. The van der Waals surface area contributed by atoms with Crippen LogP contribution in [0.1, 0.15) is 24.9 Å². The number of hydrogen-bond acceptors (Lipinski definition) is 2. The van der Waals surface area contributed by atoms with E-state index in [9.17, 15) is 0 Å². The third-order valence-corrected chi connectivity index (χ3v) is 4.29. The lowest BCUT2D eigenvalue weighted by atomic mass is 10.0. The average molecular weight is 389 g/mol. The highest BCUT2D eigenvalue weighted by atomic mass is 79.9. The molecule has 2 aromatic carbocycles. The normalized spacial score (nSPS) is 12.0. The molecule has 0 heterocycles. The summed E-state index contributed by atoms with van der Waals surface area (Å²) in [6, 6.07) is 11.5. The van der Waals surface area contributed by atoms with Crippen molar-refractivity contribution in [2.75, 3.05) is 12.4 Å². The summed E-state index contributed by atoms with van der Waals surface area (Å²) in [6.45, 7) is 2.10.